The third-order valence-corrected chi connectivity index (χ3v) is 6.90. The van der Waals surface area contributed by atoms with Crippen molar-refractivity contribution < 1.29 is 13.2 Å². The second kappa shape index (κ2) is 8.37. The van der Waals surface area contributed by atoms with Crippen LogP contribution in [0.15, 0.2) is 85.1 Å². The molecule has 1 aromatic heterocycles. The van der Waals surface area contributed by atoms with E-state index < -0.39 is 10.2 Å². The van der Waals surface area contributed by atoms with Gasteiger partial charge in [0.2, 0.25) is 0 Å². The molecule has 7 heteroatoms. The van der Waals surface area contributed by atoms with E-state index in [1.807, 2.05) is 60.7 Å². The Labute approximate surface area is 181 Å². The molecular weight excluding hydrogens is 410 g/mol. The minimum atomic E-state index is -3.68. The number of anilines is 1. The van der Waals surface area contributed by atoms with Crippen molar-refractivity contribution in [1.82, 2.24) is 8.28 Å². The van der Waals surface area contributed by atoms with Gasteiger partial charge in [-0.05, 0) is 47.9 Å². The van der Waals surface area contributed by atoms with Gasteiger partial charge in [0.1, 0.15) is 0 Å². The molecule has 158 valence electrons. The number of amides is 1. The summed E-state index contributed by atoms with van der Waals surface area (Å²) < 4.78 is 27.9. The predicted molar refractivity (Wildman–Crippen MR) is 124 cm³/mol. The summed E-state index contributed by atoms with van der Waals surface area (Å²) in [6.07, 6.45) is 2.04. The standard InChI is InChI=1S/C24H23N3O3S/c1-26(2)31(29,30)27-16-15-20-22(17-18-9-5-3-6-10-18)21(13-14-23(20)27)24(28)25-19-11-7-4-8-12-19/h3-16H,17H2,1-2H3,(H,25,28). The van der Waals surface area contributed by atoms with Crippen molar-refractivity contribution >= 4 is 32.7 Å². The monoisotopic (exact) mass is 433 g/mol. The Bertz CT molecular complexity index is 1330. The van der Waals surface area contributed by atoms with Crippen LogP contribution in [0.3, 0.4) is 0 Å². The molecule has 0 bridgehead atoms. The second-order valence-electron chi connectivity index (χ2n) is 7.41. The number of rotatable bonds is 6. The van der Waals surface area contributed by atoms with Crippen molar-refractivity contribution in [2.24, 2.45) is 0 Å². The molecular formula is C24H23N3O3S. The molecule has 0 spiro atoms. The summed E-state index contributed by atoms with van der Waals surface area (Å²) in [5.74, 6) is -0.234. The highest BCUT2D eigenvalue weighted by atomic mass is 32.2. The van der Waals surface area contributed by atoms with Crippen molar-refractivity contribution in [3.8, 4) is 0 Å². The zero-order chi connectivity index (χ0) is 22.0. The van der Waals surface area contributed by atoms with Gasteiger partial charge in [-0.25, -0.2) is 3.97 Å². The van der Waals surface area contributed by atoms with Crippen molar-refractivity contribution in [3.05, 3.63) is 102 Å². The third kappa shape index (κ3) is 4.10. The van der Waals surface area contributed by atoms with E-state index in [0.717, 1.165) is 16.5 Å². The topological polar surface area (TPSA) is 71.4 Å². The molecule has 31 heavy (non-hydrogen) atoms. The molecule has 1 heterocycles. The molecule has 6 nitrogen and oxygen atoms in total. The van der Waals surface area contributed by atoms with E-state index in [1.165, 1.54) is 28.6 Å². The molecule has 4 aromatic rings. The lowest BCUT2D eigenvalue weighted by atomic mass is 9.95. The van der Waals surface area contributed by atoms with Crippen molar-refractivity contribution in [2.45, 2.75) is 6.42 Å². The smallest absolute Gasteiger partial charge is 0.307 e. The number of hydrogen-bond acceptors (Lipinski definition) is 3. The van der Waals surface area contributed by atoms with Crippen LogP contribution in [0.1, 0.15) is 21.5 Å². The number of nitrogens with one attached hydrogen (secondary N) is 1. The summed E-state index contributed by atoms with van der Waals surface area (Å²) in [5.41, 5.74) is 3.57. The highest BCUT2D eigenvalue weighted by Crippen LogP contribution is 2.28. The van der Waals surface area contributed by atoms with Gasteiger partial charge in [0.15, 0.2) is 0 Å². The van der Waals surface area contributed by atoms with Crippen LogP contribution in [0.2, 0.25) is 0 Å². The normalized spacial score (nSPS) is 11.7. The summed E-state index contributed by atoms with van der Waals surface area (Å²) in [7, 11) is -0.694. The Balaban J connectivity index is 1.85. The molecule has 0 unspecified atom stereocenters. The zero-order valence-electron chi connectivity index (χ0n) is 17.3. The first-order chi connectivity index (χ1) is 14.9. The SMILES string of the molecule is CN(C)S(=O)(=O)n1ccc2c(Cc3ccccc3)c(C(=O)Nc3ccccc3)ccc21. The lowest BCUT2D eigenvalue weighted by Crippen LogP contribution is -2.28. The van der Waals surface area contributed by atoms with E-state index in [0.29, 0.717) is 23.2 Å². The number of carbonyl (C=O) groups excluding carboxylic acids is 1. The fourth-order valence-electron chi connectivity index (χ4n) is 3.55. The second-order valence-corrected chi connectivity index (χ2v) is 9.43. The Morgan fingerprint density at radius 3 is 2.19 bits per heavy atom. The van der Waals surface area contributed by atoms with Gasteiger partial charge in [-0.2, -0.15) is 12.7 Å². The maximum Gasteiger partial charge on any atom is 0.307 e. The summed E-state index contributed by atoms with van der Waals surface area (Å²) in [6, 6.07) is 24.2. The van der Waals surface area contributed by atoms with Crippen LogP contribution >= 0.6 is 0 Å². The van der Waals surface area contributed by atoms with Gasteiger partial charge in [-0.1, -0.05) is 48.5 Å². The minimum absolute atomic E-state index is 0.234. The Kier molecular flexibility index (Phi) is 5.63. The largest absolute Gasteiger partial charge is 0.322 e. The highest BCUT2D eigenvalue weighted by molar-refractivity contribution is 7.87. The van der Waals surface area contributed by atoms with E-state index in [1.54, 1.807) is 18.2 Å². The molecule has 0 fully saturated rings. The summed E-state index contributed by atoms with van der Waals surface area (Å²) in [4.78, 5) is 13.1. The number of para-hydroxylation sites is 1. The van der Waals surface area contributed by atoms with Crippen LogP contribution in [-0.4, -0.2) is 36.7 Å². The summed E-state index contributed by atoms with van der Waals surface area (Å²) in [6.45, 7) is 0. The number of carbonyl (C=O) groups is 1. The third-order valence-electron chi connectivity index (χ3n) is 5.16. The van der Waals surface area contributed by atoms with Crippen molar-refractivity contribution in [2.75, 3.05) is 19.4 Å². The van der Waals surface area contributed by atoms with Crippen LogP contribution in [0, 0.1) is 0 Å². The van der Waals surface area contributed by atoms with Crippen LogP contribution in [0.4, 0.5) is 5.69 Å². The van der Waals surface area contributed by atoms with E-state index >= 15 is 0 Å². The van der Waals surface area contributed by atoms with Crippen molar-refractivity contribution in [1.29, 1.82) is 0 Å². The van der Waals surface area contributed by atoms with Crippen LogP contribution < -0.4 is 5.32 Å². The van der Waals surface area contributed by atoms with Gasteiger partial charge in [0, 0.05) is 36.9 Å². The first kappa shape index (κ1) is 20.8. The highest BCUT2D eigenvalue weighted by Gasteiger charge is 2.22. The molecule has 0 aliphatic rings. The first-order valence-corrected chi connectivity index (χ1v) is 11.2. The Morgan fingerprint density at radius 1 is 0.903 bits per heavy atom. The molecule has 0 radical (unpaired) electrons. The average molecular weight is 434 g/mol. The molecule has 1 amide bonds. The maximum absolute atomic E-state index is 13.1. The van der Waals surface area contributed by atoms with E-state index in [4.69, 9.17) is 0 Å². The number of benzene rings is 3. The molecule has 1 N–H and O–H groups in total. The number of fused-ring (bicyclic) bond motifs is 1. The zero-order valence-corrected chi connectivity index (χ0v) is 18.1. The minimum Gasteiger partial charge on any atom is -0.322 e. The molecule has 0 aliphatic carbocycles. The maximum atomic E-state index is 13.1. The quantitative estimate of drug-likeness (QED) is 0.497. The van der Waals surface area contributed by atoms with Crippen molar-refractivity contribution in [3.63, 3.8) is 0 Å². The number of nitrogens with zero attached hydrogens (tertiary/aromatic N) is 2. The predicted octanol–water partition coefficient (Wildman–Crippen LogP) is 4.14. The first-order valence-electron chi connectivity index (χ1n) is 9.84. The van der Waals surface area contributed by atoms with E-state index in [-0.39, 0.29) is 5.91 Å². The summed E-state index contributed by atoms with van der Waals surface area (Å²) >= 11 is 0. The van der Waals surface area contributed by atoms with Gasteiger partial charge >= 0.3 is 10.2 Å². The fraction of sp³-hybridized carbons (Fsp3) is 0.125. The van der Waals surface area contributed by atoms with Crippen LogP contribution in [0.25, 0.3) is 10.9 Å². The number of hydrogen-bond donors (Lipinski definition) is 1. The van der Waals surface area contributed by atoms with E-state index in [2.05, 4.69) is 5.32 Å². The molecule has 3 aromatic carbocycles. The van der Waals surface area contributed by atoms with E-state index in [9.17, 15) is 13.2 Å². The molecule has 0 aliphatic heterocycles. The Morgan fingerprint density at radius 2 is 1.55 bits per heavy atom. The number of aromatic nitrogens is 1. The molecule has 4 rings (SSSR count). The van der Waals surface area contributed by atoms with Gasteiger partial charge < -0.3 is 5.32 Å². The molecule has 0 saturated heterocycles. The van der Waals surface area contributed by atoms with Crippen LogP contribution in [0.5, 0.6) is 0 Å². The van der Waals surface area contributed by atoms with Gasteiger partial charge in [-0.3, -0.25) is 4.79 Å². The van der Waals surface area contributed by atoms with Gasteiger partial charge in [-0.15, -0.1) is 0 Å². The lowest BCUT2D eigenvalue weighted by Gasteiger charge is -2.15. The lowest BCUT2D eigenvalue weighted by molar-refractivity contribution is 0.102. The molecule has 0 atom stereocenters. The van der Waals surface area contributed by atoms with Gasteiger partial charge in [0.05, 0.1) is 5.52 Å². The fourth-order valence-corrected chi connectivity index (χ4v) is 4.53. The van der Waals surface area contributed by atoms with Gasteiger partial charge in [0.25, 0.3) is 5.91 Å². The Hall–Kier alpha value is -3.42. The molecule has 0 saturated carbocycles. The van der Waals surface area contributed by atoms with Crippen LogP contribution in [-0.2, 0) is 16.6 Å². The average Bonchev–Trinajstić information content (AvgIpc) is 3.20. The summed E-state index contributed by atoms with van der Waals surface area (Å²) in [5, 5.41) is 3.66.